The molecule has 1 heterocycles. The molecule has 0 N–H and O–H groups in total. The number of nitrogens with zero attached hydrogens (tertiary/aromatic N) is 4. The third-order valence-corrected chi connectivity index (χ3v) is 2.52. The second-order valence-electron chi connectivity index (χ2n) is 3.56. The van der Waals surface area contributed by atoms with Gasteiger partial charge in [-0.25, -0.2) is 0 Å². The van der Waals surface area contributed by atoms with Gasteiger partial charge in [-0.15, -0.1) is 10.2 Å². The van der Waals surface area contributed by atoms with E-state index in [0.717, 1.165) is 12.2 Å². The van der Waals surface area contributed by atoms with Crippen LogP contribution in [0.2, 0.25) is 0 Å². The van der Waals surface area contributed by atoms with E-state index in [1.54, 1.807) is 18.0 Å². The summed E-state index contributed by atoms with van der Waals surface area (Å²) in [4.78, 5) is 0. The van der Waals surface area contributed by atoms with Crippen LogP contribution in [0.25, 0.3) is 0 Å². The molecule has 86 valence electrons. The Labute approximate surface area is 99.3 Å². The molecular formula is C12H12N4O. The van der Waals surface area contributed by atoms with Crippen LogP contribution >= 0.6 is 0 Å². The fourth-order valence-corrected chi connectivity index (χ4v) is 1.55. The van der Waals surface area contributed by atoms with E-state index in [4.69, 9.17) is 10.00 Å². The van der Waals surface area contributed by atoms with Gasteiger partial charge >= 0.3 is 0 Å². The Balaban J connectivity index is 2.00. The molecule has 2 rings (SSSR count). The molecule has 1 aromatic carbocycles. The molecule has 0 saturated carbocycles. The van der Waals surface area contributed by atoms with E-state index in [1.165, 1.54) is 5.56 Å². The number of ether oxygens (including phenoxy) is 1. The van der Waals surface area contributed by atoms with E-state index in [1.807, 2.05) is 30.3 Å². The second kappa shape index (κ2) is 5.12. The van der Waals surface area contributed by atoms with Crippen LogP contribution in [0.15, 0.2) is 30.6 Å². The van der Waals surface area contributed by atoms with Crippen molar-refractivity contribution >= 4 is 0 Å². The highest BCUT2D eigenvalue weighted by atomic mass is 16.5. The molecule has 0 saturated heterocycles. The maximum absolute atomic E-state index is 8.78. The first kappa shape index (κ1) is 11.1. The normalized spacial score (nSPS) is 9.88. The predicted molar refractivity (Wildman–Crippen MR) is 61.4 cm³/mol. The lowest BCUT2D eigenvalue weighted by Crippen LogP contribution is -2.02. The monoisotopic (exact) mass is 228 g/mol. The Hall–Kier alpha value is -2.35. The van der Waals surface area contributed by atoms with E-state index in [2.05, 4.69) is 10.2 Å². The average Bonchev–Trinajstić information content (AvgIpc) is 2.84. The van der Waals surface area contributed by atoms with Gasteiger partial charge in [0.25, 0.3) is 0 Å². The SMILES string of the molecule is COc1ccc(CCn2cnnc2C#N)cc1. The Morgan fingerprint density at radius 1 is 1.35 bits per heavy atom. The molecule has 0 unspecified atom stereocenters. The van der Waals surface area contributed by atoms with Crippen molar-refractivity contribution in [2.75, 3.05) is 7.11 Å². The molecule has 0 fully saturated rings. The lowest BCUT2D eigenvalue weighted by atomic mass is 10.1. The van der Waals surface area contributed by atoms with Crippen molar-refractivity contribution in [3.05, 3.63) is 42.0 Å². The van der Waals surface area contributed by atoms with Crippen molar-refractivity contribution in [3.63, 3.8) is 0 Å². The van der Waals surface area contributed by atoms with Crippen molar-refractivity contribution in [3.8, 4) is 11.8 Å². The third-order valence-electron chi connectivity index (χ3n) is 2.52. The molecule has 2 aromatic rings. The molecule has 0 aliphatic carbocycles. The molecule has 0 atom stereocenters. The van der Waals surface area contributed by atoms with Crippen LogP contribution in [0, 0.1) is 11.3 Å². The molecule has 17 heavy (non-hydrogen) atoms. The van der Waals surface area contributed by atoms with Gasteiger partial charge in [-0.3, -0.25) is 0 Å². The summed E-state index contributed by atoms with van der Waals surface area (Å²) in [5, 5.41) is 16.2. The number of aromatic nitrogens is 3. The summed E-state index contributed by atoms with van der Waals surface area (Å²) in [7, 11) is 1.64. The largest absolute Gasteiger partial charge is 0.497 e. The molecule has 0 bridgehead atoms. The molecule has 5 nitrogen and oxygen atoms in total. The minimum absolute atomic E-state index is 0.346. The highest BCUT2D eigenvalue weighted by Crippen LogP contribution is 2.12. The number of aryl methyl sites for hydroxylation is 2. The maximum atomic E-state index is 8.78. The van der Waals surface area contributed by atoms with Gasteiger partial charge in [0.15, 0.2) is 0 Å². The first-order chi connectivity index (χ1) is 8.33. The van der Waals surface area contributed by atoms with Crippen molar-refractivity contribution in [2.24, 2.45) is 0 Å². The second-order valence-corrected chi connectivity index (χ2v) is 3.56. The number of hydrogen-bond donors (Lipinski definition) is 0. The molecule has 0 radical (unpaired) electrons. The quantitative estimate of drug-likeness (QED) is 0.793. The lowest BCUT2D eigenvalue weighted by Gasteiger charge is -2.04. The summed E-state index contributed by atoms with van der Waals surface area (Å²) in [6.07, 6.45) is 2.40. The third kappa shape index (κ3) is 2.61. The average molecular weight is 228 g/mol. The first-order valence-corrected chi connectivity index (χ1v) is 5.24. The Bertz CT molecular complexity index is 524. The van der Waals surface area contributed by atoms with Gasteiger partial charge < -0.3 is 9.30 Å². The van der Waals surface area contributed by atoms with E-state index in [0.29, 0.717) is 12.4 Å². The zero-order chi connectivity index (χ0) is 12.1. The molecule has 0 spiro atoms. The predicted octanol–water partition coefficient (Wildman–Crippen LogP) is 1.40. The first-order valence-electron chi connectivity index (χ1n) is 5.24. The van der Waals surface area contributed by atoms with Gasteiger partial charge in [-0.05, 0) is 24.1 Å². The van der Waals surface area contributed by atoms with E-state index >= 15 is 0 Å². The maximum Gasteiger partial charge on any atom is 0.234 e. The van der Waals surface area contributed by atoms with Crippen LogP contribution in [-0.4, -0.2) is 21.9 Å². The highest BCUT2D eigenvalue weighted by Gasteiger charge is 2.02. The van der Waals surface area contributed by atoms with Crippen LogP contribution < -0.4 is 4.74 Å². The minimum Gasteiger partial charge on any atom is -0.497 e. The molecule has 1 aromatic heterocycles. The van der Waals surface area contributed by atoms with Gasteiger partial charge in [0, 0.05) is 6.54 Å². The molecular weight excluding hydrogens is 216 g/mol. The minimum atomic E-state index is 0.346. The van der Waals surface area contributed by atoms with Crippen LogP contribution in [0.4, 0.5) is 0 Å². The summed E-state index contributed by atoms with van der Waals surface area (Å²) < 4.78 is 6.83. The summed E-state index contributed by atoms with van der Waals surface area (Å²) in [5.74, 6) is 1.19. The Morgan fingerprint density at radius 3 is 2.76 bits per heavy atom. The van der Waals surface area contributed by atoms with Gasteiger partial charge in [-0.2, -0.15) is 5.26 Å². The zero-order valence-electron chi connectivity index (χ0n) is 9.50. The summed E-state index contributed by atoms with van der Waals surface area (Å²) in [5.41, 5.74) is 1.18. The Kier molecular flexibility index (Phi) is 3.36. The zero-order valence-corrected chi connectivity index (χ0v) is 9.50. The number of benzene rings is 1. The van der Waals surface area contributed by atoms with Gasteiger partial charge in [0.05, 0.1) is 7.11 Å². The summed E-state index contributed by atoms with van der Waals surface area (Å²) in [6.45, 7) is 0.697. The van der Waals surface area contributed by atoms with Crippen molar-refractivity contribution in [1.29, 1.82) is 5.26 Å². The van der Waals surface area contributed by atoms with Crippen molar-refractivity contribution < 1.29 is 4.74 Å². The van der Waals surface area contributed by atoms with Crippen molar-refractivity contribution in [2.45, 2.75) is 13.0 Å². The molecule has 5 heteroatoms. The summed E-state index contributed by atoms with van der Waals surface area (Å²) in [6, 6.07) is 9.86. The fraction of sp³-hybridized carbons (Fsp3) is 0.250. The number of nitriles is 1. The molecule has 0 aliphatic rings. The van der Waals surface area contributed by atoms with Gasteiger partial charge in [0.1, 0.15) is 18.1 Å². The summed E-state index contributed by atoms with van der Waals surface area (Å²) >= 11 is 0. The fourth-order valence-electron chi connectivity index (χ4n) is 1.55. The molecule has 0 aliphatic heterocycles. The number of rotatable bonds is 4. The van der Waals surface area contributed by atoms with E-state index in [9.17, 15) is 0 Å². The van der Waals surface area contributed by atoms with Crippen LogP contribution in [0.3, 0.4) is 0 Å². The lowest BCUT2D eigenvalue weighted by molar-refractivity contribution is 0.414. The van der Waals surface area contributed by atoms with Crippen LogP contribution in [0.5, 0.6) is 5.75 Å². The van der Waals surface area contributed by atoms with Crippen LogP contribution in [0.1, 0.15) is 11.4 Å². The molecule has 0 amide bonds. The van der Waals surface area contributed by atoms with Gasteiger partial charge in [0.2, 0.25) is 5.82 Å². The van der Waals surface area contributed by atoms with E-state index in [-0.39, 0.29) is 0 Å². The smallest absolute Gasteiger partial charge is 0.234 e. The number of hydrogen-bond acceptors (Lipinski definition) is 4. The Morgan fingerprint density at radius 2 is 2.12 bits per heavy atom. The number of methoxy groups -OCH3 is 1. The van der Waals surface area contributed by atoms with Gasteiger partial charge in [-0.1, -0.05) is 12.1 Å². The van der Waals surface area contributed by atoms with E-state index < -0.39 is 0 Å². The topological polar surface area (TPSA) is 63.7 Å². The highest BCUT2D eigenvalue weighted by molar-refractivity contribution is 5.27. The van der Waals surface area contributed by atoms with Crippen molar-refractivity contribution in [1.82, 2.24) is 14.8 Å². The van der Waals surface area contributed by atoms with Crippen LogP contribution in [-0.2, 0) is 13.0 Å². The standard InChI is InChI=1S/C12H12N4O/c1-17-11-4-2-10(3-5-11)6-7-16-9-14-15-12(16)8-13/h2-5,9H,6-7H2,1H3.